The minimum Gasteiger partial charge on any atom is -0.472 e. The van der Waals surface area contributed by atoms with Crippen LogP contribution in [-0.4, -0.2) is 17.9 Å². The van der Waals surface area contributed by atoms with Crippen LogP contribution in [0.5, 0.6) is 0 Å². The third-order valence-electron chi connectivity index (χ3n) is 4.54. The number of benzene rings is 1. The number of aliphatic imine (C=N–C) groups is 1. The van der Waals surface area contributed by atoms with Crippen LogP contribution >= 0.6 is 0 Å². The Balaban J connectivity index is 1.76. The highest BCUT2D eigenvalue weighted by Crippen LogP contribution is 2.38. The number of hydrogen-bond acceptors (Lipinski definition) is 3. The van der Waals surface area contributed by atoms with Gasteiger partial charge in [0, 0.05) is 12.1 Å². The first-order chi connectivity index (χ1) is 9.76. The Morgan fingerprint density at radius 1 is 1.30 bits per heavy atom. The quantitative estimate of drug-likeness (QED) is 0.860. The van der Waals surface area contributed by atoms with E-state index in [0.717, 1.165) is 31.6 Å². The first kappa shape index (κ1) is 11.8. The van der Waals surface area contributed by atoms with Crippen molar-refractivity contribution in [2.45, 2.75) is 31.7 Å². The molecule has 0 fully saturated rings. The highest BCUT2D eigenvalue weighted by atomic mass is 16.3. The molecule has 0 radical (unpaired) electrons. The third-order valence-corrected chi connectivity index (χ3v) is 4.54. The fourth-order valence-corrected chi connectivity index (χ4v) is 3.56. The molecule has 4 rings (SSSR count). The van der Waals surface area contributed by atoms with E-state index in [1.54, 1.807) is 6.26 Å². The lowest BCUT2D eigenvalue weighted by Gasteiger charge is -2.32. The van der Waals surface area contributed by atoms with Crippen molar-refractivity contribution < 1.29 is 4.42 Å². The van der Waals surface area contributed by atoms with Gasteiger partial charge in [-0.2, -0.15) is 0 Å². The summed E-state index contributed by atoms with van der Waals surface area (Å²) < 4.78 is 5.24. The van der Waals surface area contributed by atoms with Crippen LogP contribution in [0.1, 0.15) is 24.5 Å². The molecule has 0 saturated heterocycles. The molecule has 2 aromatic rings. The van der Waals surface area contributed by atoms with Gasteiger partial charge in [-0.25, -0.2) is 0 Å². The summed E-state index contributed by atoms with van der Waals surface area (Å²) in [7, 11) is 0. The van der Waals surface area contributed by atoms with Crippen LogP contribution < -0.4 is 5.32 Å². The molecule has 0 saturated carbocycles. The van der Waals surface area contributed by atoms with Crippen LogP contribution in [0.25, 0.3) is 11.1 Å². The maximum atomic E-state index is 5.24. The zero-order valence-electron chi connectivity index (χ0n) is 11.6. The van der Waals surface area contributed by atoms with Gasteiger partial charge < -0.3 is 9.73 Å². The molecule has 2 aliphatic rings. The lowest BCUT2D eigenvalue weighted by molar-refractivity contribution is 0.395. The highest BCUT2D eigenvalue weighted by Gasteiger charge is 2.37. The van der Waals surface area contributed by atoms with Gasteiger partial charge in [-0.1, -0.05) is 18.2 Å². The van der Waals surface area contributed by atoms with Crippen LogP contribution in [0.3, 0.4) is 0 Å². The van der Waals surface area contributed by atoms with E-state index in [1.165, 1.54) is 22.3 Å². The largest absolute Gasteiger partial charge is 0.472 e. The van der Waals surface area contributed by atoms with Gasteiger partial charge in [0.2, 0.25) is 0 Å². The van der Waals surface area contributed by atoms with E-state index in [9.17, 15) is 0 Å². The third kappa shape index (κ3) is 1.77. The Morgan fingerprint density at radius 2 is 2.25 bits per heavy atom. The zero-order chi connectivity index (χ0) is 13.6. The molecule has 1 aromatic heterocycles. The maximum absolute atomic E-state index is 5.24. The van der Waals surface area contributed by atoms with Gasteiger partial charge in [0.05, 0.1) is 23.9 Å². The fourth-order valence-electron chi connectivity index (χ4n) is 3.56. The molecule has 1 aliphatic heterocycles. The molecule has 1 spiro atoms. The Hall–Kier alpha value is -2.03. The van der Waals surface area contributed by atoms with E-state index >= 15 is 0 Å². The van der Waals surface area contributed by atoms with Gasteiger partial charge in [0.1, 0.15) is 0 Å². The van der Waals surface area contributed by atoms with Gasteiger partial charge in [0.15, 0.2) is 0 Å². The summed E-state index contributed by atoms with van der Waals surface area (Å²) in [5.41, 5.74) is 5.50. The molecule has 102 valence electrons. The second kappa shape index (κ2) is 4.23. The zero-order valence-corrected chi connectivity index (χ0v) is 11.6. The van der Waals surface area contributed by atoms with Gasteiger partial charge in [0.25, 0.3) is 0 Å². The van der Waals surface area contributed by atoms with Crippen molar-refractivity contribution in [3.05, 3.63) is 47.9 Å². The van der Waals surface area contributed by atoms with Crippen LogP contribution in [0.2, 0.25) is 0 Å². The molecule has 3 nitrogen and oxygen atoms in total. The number of hydrogen-bond donors (Lipinski definition) is 1. The predicted molar refractivity (Wildman–Crippen MR) is 80.0 cm³/mol. The van der Waals surface area contributed by atoms with Crippen LogP contribution in [0.4, 0.5) is 0 Å². The molecular formula is C17H18N2O. The molecule has 0 unspecified atom stereocenters. The van der Waals surface area contributed by atoms with Crippen molar-refractivity contribution in [1.82, 2.24) is 5.32 Å². The first-order valence-electron chi connectivity index (χ1n) is 7.19. The number of nitrogens with one attached hydrogen (secondary N) is 1. The smallest absolute Gasteiger partial charge is 0.0981 e. The molecule has 3 heteroatoms. The standard InChI is InChI=1S/C17H18N2O/c1-12-18-11-17(19-12)7-5-16-13(9-17)3-2-4-15(16)14-6-8-20-10-14/h2-4,6,8,10H,5,7,9,11H2,1H3,(H,18,19)/t17-/m0/s1. The van der Waals surface area contributed by atoms with Crippen molar-refractivity contribution in [3.8, 4) is 11.1 Å². The average Bonchev–Trinajstić information content (AvgIpc) is 3.09. The van der Waals surface area contributed by atoms with Crippen molar-refractivity contribution in [2.24, 2.45) is 4.99 Å². The number of amidine groups is 1. The second-order valence-electron chi connectivity index (χ2n) is 5.91. The summed E-state index contributed by atoms with van der Waals surface area (Å²) in [6, 6.07) is 8.64. The van der Waals surface area contributed by atoms with Crippen molar-refractivity contribution >= 4 is 5.84 Å². The van der Waals surface area contributed by atoms with Crippen molar-refractivity contribution in [1.29, 1.82) is 0 Å². The van der Waals surface area contributed by atoms with E-state index in [1.807, 2.05) is 12.3 Å². The van der Waals surface area contributed by atoms with Crippen molar-refractivity contribution in [2.75, 3.05) is 6.54 Å². The van der Waals surface area contributed by atoms with Gasteiger partial charge in [-0.3, -0.25) is 4.99 Å². The minimum absolute atomic E-state index is 0.0894. The summed E-state index contributed by atoms with van der Waals surface area (Å²) >= 11 is 0. The normalized spacial score (nSPS) is 24.4. The predicted octanol–water partition coefficient (Wildman–Crippen LogP) is 3.20. The van der Waals surface area contributed by atoms with Gasteiger partial charge >= 0.3 is 0 Å². The Kier molecular flexibility index (Phi) is 2.49. The molecule has 0 bridgehead atoms. The lowest BCUT2D eigenvalue weighted by atomic mass is 9.76. The number of nitrogens with zero attached hydrogens (tertiary/aromatic N) is 1. The first-order valence-corrected chi connectivity index (χ1v) is 7.19. The minimum atomic E-state index is 0.0894. The second-order valence-corrected chi connectivity index (χ2v) is 5.91. The molecular weight excluding hydrogens is 248 g/mol. The molecule has 20 heavy (non-hydrogen) atoms. The SMILES string of the molecule is CC1=N[C@]2(CCc3c(cccc3-c3ccoc3)C2)CN1. The topological polar surface area (TPSA) is 37.5 Å². The van der Waals surface area contributed by atoms with Crippen molar-refractivity contribution in [3.63, 3.8) is 0 Å². The number of rotatable bonds is 1. The highest BCUT2D eigenvalue weighted by molar-refractivity contribution is 5.82. The van der Waals surface area contributed by atoms with Gasteiger partial charge in [-0.15, -0.1) is 0 Å². The Labute approximate surface area is 118 Å². The summed E-state index contributed by atoms with van der Waals surface area (Å²) in [4.78, 5) is 4.86. The molecule has 1 atom stereocenters. The van der Waals surface area contributed by atoms with E-state index in [-0.39, 0.29) is 5.54 Å². The Bertz CT molecular complexity index is 672. The Morgan fingerprint density at radius 3 is 3.00 bits per heavy atom. The maximum Gasteiger partial charge on any atom is 0.0981 e. The van der Waals surface area contributed by atoms with E-state index in [4.69, 9.17) is 9.41 Å². The van der Waals surface area contributed by atoms with E-state index in [2.05, 4.69) is 30.4 Å². The van der Waals surface area contributed by atoms with Gasteiger partial charge in [-0.05, 0) is 48.9 Å². The molecule has 0 amide bonds. The molecule has 2 heterocycles. The van der Waals surface area contributed by atoms with Crippen LogP contribution in [-0.2, 0) is 12.8 Å². The average molecular weight is 266 g/mol. The van der Waals surface area contributed by atoms with E-state index < -0.39 is 0 Å². The summed E-state index contributed by atoms with van der Waals surface area (Å²) in [6.07, 6.45) is 6.83. The monoisotopic (exact) mass is 266 g/mol. The summed E-state index contributed by atoms with van der Waals surface area (Å²) in [6.45, 7) is 3.04. The lowest BCUT2D eigenvalue weighted by Crippen LogP contribution is -2.38. The van der Waals surface area contributed by atoms with Crippen LogP contribution in [0, 0.1) is 0 Å². The molecule has 1 aromatic carbocycles. The van der Waals surface area contributed by atoms with E-state index in [0.29, 0.717) is 0 Å². The molecule has 1 aliphatic carbocycles. The fraction of sp³-hybridized carbons (Fsp3) is 0.353. The number of fused-ring (bicyclic) bond motifs is 1. The number of furan rings is 1. The van der Waals surface area contributed by atoms with Crippen LogP contribution in [0.15, 0.2) is 46.2 Å². The summed E-state index contributed by atoms with van der Waals surface area (Å²) in [5, 5.41) is 3.39. The summed E-state index contributed by atoms with van der Waals surface area (Å²) in [5.74, 6) is 1.08. The molecule has 1 N–H and O–H groups in total.